The summed E-state index contributed by atoms with van der Waals surface area (Å²) >= 11 is 0. The van der Waals surface area contributed by atoms with Crippen LogP contribution in [-0.4, -0.2) is 20.1 Å². The van der Waals surface area contributed by atoms with Crippen molar-refractivity contribution >= 4 is 17.4 Å². The van der Waals surface area contributed by atoms with Crippen molar-refractivity contribution in [2.75, 3.05) is 23.9 Å². The molecule has 18 heavy (non-hydrogen) atoms. The SMILES string of the molecule is CN(C(=O)N(C)c1ccccc1)c1ccccc1. The highest BCUT2D eigenvalue weighted by Crippen LogP contribution is 2.17. The molecule has 0 N–H and O–H groups in total. The molecule has 0 aromatic heterocycles. The van der Waals surface area contributed by atoms with E-state index in [4.69, 9.17) is 0 Å². The molecule has 0 aliphatic rings. The molecule has 0 bridgehead atoms. The topological polar surface area (TPSA) is 23.6 Å². The van der Waals surface area contributed by atoms with Gasteiger partial charge in [-0.15, -0.1) is 0 Å². The standard InChI is InChI=1S/C15H16N2O/c1-16(13-9-5-3-6-10-13)15(18)17(2)14-11-7-4-8-12-14/h3-12H,1-2H3. The van der Waals surface area contributed by atoms with Crippen molar-refractivity contribution in [2.45, 2.75) is 0 Å². The second-order valence-electron chi connectivity index (χ2n) is 4.07. The van der Waals surface area contributed by atoms with E-state index in [1.807, 2.05) is 60.7 Å². The number of amides is 2. The van der Waals surface area contributed by atoms with Crippen molar-refractivity contribution in [3.8, 4) is 0 Å². The number of benzene rings is 2. The van der Waals surface area contributed by atoms with Gasteiger partial charge in [0.25, 0.3) is 0 Å². The molecule has 2 amide bonds. The number of hydrogen-bond donors (Lipinski definition) is 0. The summed E-state index contributed by atoms with van der Waals surface area (Å²) in [5.74, 6) is 0. The summed E-state index contributed by atoms with van der Waals surface area (Å²) in [6.07, 6.45) is 0. The summed E-state index contributed by atoms with van der Waals surface area (Å²) in [5.41, 5.74) is 1.76. The van der Waals surface area contributed by atoms with Gasteiger partial charge in [0.1, 0.15) is 0 Å². The van der Waals surface area contributed by atoms with E-state index in [-0.39, 0.29) is 6.03 Å². The first-order valence-corrected chi connectivity index (χ1v) is 5.81. The van der Waals surface area contributed by atoms with Crippen molar-refractivity contribution in [1.82, 2.24) is 0 Å². The molecule has 3 heteroatoms. The van der Waals surface area contributed by atoms with Crippen LogP contribution in [0.5, 0.6) is 0 Å². The highest BCUT2D eigenvalue weighted by atomic mass is 16.2. The minimum atomic E-state index is -0.0626. The van der Waals surface area contributed by atoms with E-state index in [9.17, 15) is 4.79 Å². The Kier molecular flexibility index (Phi) is 3.63. The van der Waals surface area contributed by atoms with E-state index < -0.39 is 0 Å². The van der Waals surface area contributed by atoms with Gasteiger partial charge in [0.15, 0.2) is 0 Å². The van der Waals surface area contributed by atoms with Crippen LogP contribution in [0.25, 0.3) is 0 Å². The smallest absolute Gasteiger partial charge is 0.297 e. The first kappa shape index (κ1) is 12.2. The van der Waals surface area contributed by atoms with E-state index in [2.05, 4.69) is 0 Å². The van der Waals surface area contributed by atoms with Crippen LogP contribution < -0.4 is 9.80 Å². The van der Waals surface area contributed by atoms with Crippen molar-refractivity contribution < 1.29 is 4.79 Å². The van der Waals surface area contributed by atoms with Gasteiger partial charge >= 0.3 is 6.03 Å². The first-order chi connectivity index (χ1) is 8.70. The monoisotopic (exact) mass is 240 g/mol. The first-order valence-electron chi connectivity index (χ1n) is 5.81. The van der Waals surface area contributed by atoms with E-state index in [0.29, 0.717) is 0 Å². The lowest BCUT2D eigenvalue weighted by Gasteiger charge is -2.25. The zero-order chi connectivity index (χ0) is 13.0. The largest absolute Gasteiger partial charge is 0.328 e. The van der Waals surface area contributed by atoms with Gasteiger partial charge in [-0.05, 0) is 24.3 Å². The molecule has 2 aromatic rings. The second-order valence-corrected chi connectivity index (χ2v) is 4.07. The quantitative estimate of drug-likeness (QED) is 0.789. The molecule has 92 valence electrons. The molecular weight excluding hydrogens is 224 g/mol. The van der Waals surface area contributed by atoms with Gasteiger partial charge in [-0.25, -0.2) is 4.79 Å². The Bertz CT molecular complexity index is 463. The minimum absolute atomic E-state index is 0.0626. The molecule has 0 spiro atoms. The van der Waals surface area contributed by atoms with Crippen molar-refractivity contribution in [3.05, 3.63) is 60.7 Å². The molecule has 0 aliphatic heterocycles. The Morgan fingerprint density at radius 3 is 1.39 bits per heavy atom. The Morgan fingerprint density at radius 2 is 1.06 bits per heavy atom. The molecule has 0 saturated heterocycles. The molecule has 0 aliphatic carbocycles. The maximum atomic E-state index is 12.3. The van der Waals surface area contributed by atoms with Gasteiger partial charge in [-0.3, -0.25) is 9.80 Å². The van der Waals surface area contributed by atoms with Crippen LogP contribution in [0.4, 0.5) is 16.2 Å². The summed E-state index contributed by atoms with van der Waals surface area (Å²) < 4.78 is 0. The van der Waals surface area contributed by atoms with Gasteiger partial charge in [0, 0.05) is 25.5 Å². The van der Waals surface area contributed by atoms with E-state index in [1.165, 1.54) is 0 Å². The number of rotatable bonds is 2. The molecule has 0 unspecified atom stereocenters. The van der Waals surface area contributed by atoms with Crippen LogP contribution in [-0.2, 0) is 0 Å². The molecular formula is C15H16N2O. The van der Waals surface area contributed by atoms with Gasteiger partial charge in [0.2, 0.25) is 0 Å². The van der Waals surface area contributed by atoms with Gasteiger partial charge in [-0.1, -0.05) is 36.4 Å². The Morgan fingerprint density at radius 1 is 0.722 bits per heavy atom. The van der Waals surface area contributed by atoms with Crippen LogP contribution in [0.2, 0.25) is 0 Å². The molecule has 3 nitrogen and oxygen atoms in total. The number of carbonyl (C=O) groups excluding carboxylic acids is 1. The van der Waals surface area contributed by atoms with Crippen LogP contribution in [0.15, 0.2) is 60.7 Å². The number of urea groups is 1. The van der Waals surface area contributed by atoms with Crippen LogP contribution in [0.1, 0.15) is 0 Å². The number of hydrogen-bond acceptors (Lipinski definition) is 1. The third-order valence-corrected chi connectivity index (χ3v) is 2.86. The summed E-state index contributed by atoms with van der Waals surface area (Å²) in [5, 5.41) is 0. The summed E-state index contributed by atoms with van der Waals surface area (Å²) in [4.78, 5) is 15.6. The average molecular weight is 240 g/mol. The maximum absolute atomic E-state index is 12.3. The summed E-state index contributed by atoms with van der Waals surface area (Å²) in [6, 6.07) is 19.1. The van der Waals surface area contributed by atoms with Gasteiger partial charge < -0.3 is 0 Å². The number of para-hydroxylation sites is 2. The van der Waals surface area contributed by atoms with E-state index in [1.54, 1.807) is 23.9 Å². The molecule has 0 fully saturated rings. The number of anilines is 2. The normalized spacial score (nSPS) is 9.89. The van der Waals surface area contributed by atoms with Crippen LogP contribution in [0, 0.1) is 0 Å². The van der Waals surface area contributed by atoms with E-state index >= 15 is 0 Å². The lowest BCUT2D eigenvalue weighted by molar-refractivity contribution is 0.253. The number of nitrogens with zero attached hydrogens (tertiary/aromatic N) is 2. The molecule has 2 rings (SSSR count). The lowest BCUT2D eigenvalue weighted by atomic mass is 10.3. The predicted octanol–water partition coefficient (Wildman–Crippen LogP) is 3.38. The fraction of sp³-hybridized carbons (Fsp3) is 0.133. The number of carbonyl (C=O) groups is 1. The molecule has 0 heterocycles. The molecule has 0 atom stereocenters. The lowest BCUT2D eigenvalue weighted by Crippen LogP contribution is -2.38. The average Bonchev–Trinajstić information content (AvgIpc) is 2.47. The Balaban J connectivity index is 2.17. The summed E-state index contributed by atoms with van der Waals surface area (Å²) in [7, 11) is 3.55. The van der Waals surface area contributed by atoms with Gasteiger partial charge in [-0.2, -0.15) is 0 Å². The van der Waals surface area contributed by atoms with Crippen LogP contribution >= 0.6 is 0 Å². The van der Waals surface area contributed by atoms with Gasteiger partial charge in [0.05, 0.1) is 0 Å². The fourth-order valence-corrected chi connectivity index (χ4v) is 1.75. The Hall–Kier alpha value is -2.29. The minimum Gasteiger partial charge on any atom is -0.297 e. The maximum Gasteiger partial charge on any atom is 0.328 e. The van der Waals surface area contributed by atoms with E-state index in [0.717, 1.165) is 11.4 Å². The molecule has 0 saturated carbocycles. The second kappa shape index (κ2) is 5.36. The van der Waals surface area contributed by atoms with Crippen molar-refractivity contribution in [2.24, 2.45) is 0 Å². The highest BCUT2D eigenvalue weighted by molar-refractivity contribution is 6.02. The fourth-order valence-electron chi connectivity index (χ4n) is 1.75. The summed E-state index contributed by atoms with van der Waals surface area (Å²) in [6.45, 7) is 0. The zero-order valence-corrected chi connectivity index (χ0v) is 10.6. The predicted molar refractivity (Wildman–Crippen MR) is 75.1 cm³/mol. The molecule has 0 radical (unpaired) electrons. The highest BCUT2D eigenvalue weighted by Gasteiger charge is 2.16. The zero-order valence-electron chi connectivity index (χ0n) is 10.6. The molecule has 2 aromatic carbocycles. The third-order valence-electron chi connectivity index (χ3n) is 2.86. The van der Waals surface area contributed by atoms with Crippen LogP contribution in [0.3, 0.4) is 0 Å². The van der Waals surface area contributed by atoms with Crippen molar-refractivity contribution in [1.29, 1.82) is 0 Å². The third kappa shape index (κ3) is 2.51. The Labute approximate surface area is 107 Å². The van der Waals surface area contributed by atoms with Crippen molar-refractivity contribution in [3.63, 3.8) is 0 Å².